The first kappa shape index (κ1) is 16.3. The molecule has 0 aliphatic rings. The maximum Gasteiger partial charge on any atom is 0.277 e. The van der Waals surface area contributed by atoms with E-state index in [1.54, 1.807) is 12.1 Å². The van der Waals surface area contributed by atoms with Crippen LogP contribution in [0.4, 0.5) is 0 Å². The van der Waals surface area contributed by atoms with Crippen LogP contribution in [0.5, 0.6) is 5.75 Å². The van der Waals surface area contributed by atoms with Gasteiger partial charge in [0.05, 0.1) is 6.21 Å². The smallest absolute Gasteiger partial charge is 0.277 e. The second-order valence-corrected chi connectivity index (χ2v) is 5.66. The van der Waals surface area contributed by atoms with E-state index in [4.69, 9.17) is 9.15 Å². The normalized spacial score (nSPS) is 10.9. The van der Waals surface area contributed by atoms with Crippen molar-refractivity contribution in [3.8, 4) is 5.75 Å². The Morgan fingerprint density at radius 3 is 2.68 bits per heavy atom. The second-order valence-electron chi connectivity index (χ2n) is 4.88. The number of hydrogen-bond donors (Lipinski definition) is 1. The van der Waals surface area contributed by atoms with E-state index in [-0.39, 0.29) is 12.5 Å². The lowest BCUT2D eigenvalue weighted by molar-refractivity contribution is -0.123. The summed E-state index contributed by atoms with van der Waals surface area (Å²) in [7, 11) is 0. The number of amides is 1. The van der Waals surface area contributed by atoms with Gasteiger partial charge in [0.25, 0.3) is 5.91 Å². The van der Waals surface area contributed by atoms with Crippen molar-refractivity contribution in [1.82, 2.24) is 5.43 Å². The summed E-state index contributed by atoms with van der Waals surface area (Å²) in [6, 6.07) is 7.48. The lowest BCUT2D eigenvalue weighted by Crippen LogP contribution is -2.25. The minimum absolute atomic E-state index is 0.0929. The van der Waals surface area contributed by atoms with E-state index >= 15 is 0 Å². The van der Waals surface area contributed by atoms with E-state index in [0.29, 0.717) is 10.4 Å². The van der Waals surface area contributed by atoms with Crippen LogP contribution in [0.15, 0.2) is 38.5 Å². The standard InChI is InChI=1S/C16H17BrN2O3/c1-10-4-5-11(2)16(12(10)3)21-9-15(20)19-18-8-13-6-7-14(17)22-13/h4-8H,9H2,1-3H3,(H,19,20)/b18-8+. The van der Waals surface area contributed by atoms with Gasteiger partial charge in [-0.05, 0) is 65.5 Å². The Labute approximate surface area is 137 Å². The summed E-state index contributed by atoms with van der Waals surface area (Å²) in [6.07, 6.45) is 1.42. The predicted octanol–water partition coefficient (Wildman–Crippen LogP) is 3.50. The molecule has 116 valence electrons. The molecule has 0 atom stereocenters. The van der Waals surface area contributed by atoms with Gasteiger partial charge in [-0.15, -0.1) is 0 Å². The number of rotatable bonds is 5. The Balaban J connectivity index is 1.88. The van der Waals surface area contributed by atoms with Crippen molar-refractivity contribution in [2.24, 2.45) is 5.10 Å². The van der Waals surface area contributed by atoms with Crippen LogP contribution in [-0.4, -0.2) is 18.7 Å². The van der Waals surface area contributed by atoms with Crippen LogP contribution in [0, 0.1) is 20.8 Å². The summed E-state index contributed by atoms with van der Waals surface area (Å²) in [4.78, 5) is 11.7. The molecule has 0 saturated heterocycles. The molecule has 0 bridgehead atoms. The summed E-state index contributed by atoms with van der Waals surface area (Å²) < 4.78 is 11.4. The summed E-state index contributed by atoms with van der Waals surface area (Å²) in [6.45, 7) is 5.84. The van der Waals surface area contributed by atoms with Gasteiger partial charge >= 0.3 is 0 Å². The fraction of sp³-hybridized carbons (Fsp3) is 0.250. The van der Waals surface area contributed by atoms with Crippen molar-refractivity contribution in [3.05, 3.63) is 51.4 Å². The topological polar surface area (TPSA) is 63.8 Å². The van der Waals surface area contributed by atoms with Crippen LogP contribution in [0.3, 0.4) is 0 Å². The van der Waals surface area contributed by atoms with E-state index in [1.807, 2.05) is 32.9 Å². The Morgan fingerprint density at radius 2 is 2.00 bits per heavy atom. The van der Waals surface area contributed by atoms with Gasteiger partial charge in [0.1, 0.15) is 11.5 Å². The molecule has 1 N–H and O–H groups in total. The molecule has 22 heavy (non-hydrogen) atoms. The third-order valence-corrected chi connectivity index (χ3v) is 3.62. The third-order valence-electron chi connectivity index (χ3n) is 3.20. The SMILES string of the molecule is Cc1ccc(C)c(OCC(=O)N/N=C/c2ccc(Br)o2)c1C. The maximum atomic E-state index is 11.7. The number of carbonyl (C=O) groups is 1. The predicted molar refractivity (Wildman–Crippen MR) is 88.3 cm³/mol. The molecule has 0 aliphatic heterocycles. The third kappa shape index (κ3) is 4.21. The molecule has 1 aromatic heterocycles. The monoisotopic (exact) mass is 364 g/mol. The number of benzene rings is 1. The summed E-state index contributed by atoms with van der Waals surface area (Å²) in [5.74, 6) is 0.953. The number of nitrogens with zero attached hydrogens (tertiary/aromatic N) is 1. The number of hydrazone groups is 1. The average Bonchev–Trinajstić information content (AvgIpc) is 2.89. The van der Waals surface area contributed by atoms with Crippen molar-refractivity contribution in [1.29, 1.82) is 0 Å². The molecule has 6 heteroatoms. The molecule has 1 aromatic carbocycles. The van der Waals surface area contributed by atoms with E-state index in [9.17, 15) is 4.79 Å². The number of carbonyl (C=O) groups excluding carboxylic acids is 1. The minimum Gasteiger partial charge on any atom is -0.483 e. The molecule has 0 fully saturated rings. The number of ether oxygens (including phenoxy) is 1. The highest BCUT2D eigenvalue weighted by Gasteiger charge is 2.08. The number of hydrogen-bond acceptors (Lipinski definition) is 4. The number of nitrogens with one attached hydrogen (secondary N) is 1. The van der Waals surface area contributed by atoms with Gasteiger partial charge in [0.2, 0.25) is 0 Å². The first-order chi connectivity index (χ1) is 10.5. The summed E-state index contributed by atoms with van der Waals surface area (Å²) >= 11 is 3.19. The Hall–Kier alpha value is -2.08. The zero-order chi connectivity index (χ0) is 16.1. The van der Waals surface area contributed by atoms with Gasteiger partial charge in [-0.2, -0.15) is 5.10 Å². The van der Waals surface area contributed by atoms with Crippen molar-refractivity contribution in [3.63, 3.8) is 0 Å². The molecule has 2 aromatic rings. The molecular weight excluding hydrogens is 348 g/mol. The van der Waals surface area contributed by atoms with Crippen LogP contribution >= 0.6 is 15.9 Å². The average molecular weight is 365 g/mol. The van der Waals surface area contributed by atoms with Crippen molar-refractivity contribution in [2.75, 3.05) is 6.61 Å². The zero-order valence-electron chi connectivity index (χ0n) is 12.6. The van der Waals surface area contributed by atoms with Gasteiger partial charge in [-0.1, -0.05) is 12.1 Å². The fourth-order valence-electron chi connectivity index (χ4n) is 1.88. The largest absolute Gasteiger partial charge is 0.483 e. The number of furan rings is 1. The van der Waals surface area contributed by atoms with Gasteiger partial charge in [-0.3, -0.25) is 4.79 Å². The first-order valence-corrected chi connectivity index (χ1v) is 7.53. The highest BCUT2D eigenvalue weighted by Crippen LogP contribution is 2.25. The minimum atomic E-state index is -0.331. The molecule has 1 heterocycles. The molecule has 0 spiro atoms. The fourth-order valence-corrected chi connectivity index (χ4v) is 2.20. The van der Waals surface area contributed by atoms with Gasteiger partial charge in [-0.25, -0.2) is 5.43 Å². The zero-order valence-corrected chi connectivity index (χ0v) is 14.2. The van der Waals surface area contributed by atoms with E-state index in [1.165, 1.54) is 6.21 Å². The maximum absolute atomic E-state index is 11.7. The Bertz CT molecular complexity index is 707. The van der Waals surface area contributed by atoms with E-state index in [0.717, 1.165) is 22.4 Å². The highest BCUT2D eigenvalue weighted by atomic mass is 79.9. The van der Waals surface area contributed by atoms with Crippen LogP contribution in [-0.2, 0) is 4.79 Å². The summed E-state index contributed by atoms with van der Waals surface area (Å²) in [5.41, 5.74) is 5.56. The van der Waals surface area contributed by atoms with Crippen LogP contribution in [0.1, 0.15) is 22.5 Å². The van der Waals surface area contributed by atoms with Crippen molar-refractivity contribution in [2.45, 2.75) is 20.8 Å². The lowest BCUT2D eigenvalue weighted by Gasteiger charge is -2.13. The van der Waals surface area contributed by atoms with Gasteiger partial charge < -0.3 is 9.15 Å². The van der Waals surface area contributed by atoms with Gasteiger partial charge in [0.15, 0.2) is 11.3 Å². The summed E-state index contributed by atoms with van der Waals surface area (Å²) in [5, 5.41) is 3.81. The second kappa shape index (κ2) is 7.26. The number of aryl methyl sites for hydroxylation is 2. The van der Waals surface area contributed by atoms with Crippen LogP contribution in [0.25, 0.3) is 0 Å². The number of halogens is 1. The van der Waals surface area contributed by atoms with Crippen LogP contribution in [0.2, 0.25) is 0 Å². The molecule has 0 saturated carbocycles. The molecule has 0 aliphatic carbocycles. The molecular formula is C16H17BrN2O3. The molecule has 0 unspecified atom stereocenters. The highest BCUT2D eigenvalue weighted by molar-refractivity contribution is 9.10. The van der Waals surface area contributed by atoms with E-state index in [2.05, 4.69) is 26.5 Å². The Morgan fingerprint density at radius 1 is 1.27 bits per heavy atom. The lowest BCUT2D eigenvalue weighted by atomic mass is 10.1. The molecule has 5 nitrogen and oxygen atoms in total. The first-order valence-electron chi connectivity index (χ1n) is 6.74. The van der Waals surface area contributed by atoms with Crippen LogP contribution < -0.4 is 10.2 Å². The molecule has 0 radical (unpaired) electrons. The quantitative estimate of drug-likeness (QED) is 0.652. The molecule has 2 rings (SSSR count). The van der Waals surface area contributed by atoms with Gasteiger partial charge in [0, 0.05) is 0 Å². The van der Waals surface area contributed by atoms with Crippen molar-refractivity contribution < 1.29 is 13.9 Å². The Kier molecular flexibility index (Phi) is 5.38. The molecule has 1 amide bonds. The van der Waals surface area contributed by atoms with Crippen molar-refractivity contribution >= 4 is 28.1 Å². The van der Waals surface area contributed by atoms with E-state index < -0.39 is 0 Å².